The molecule has 0 aliphatic rings. The van der Waals surface area contributed by atoms with Crippen LogP contribution in [0.2, 0.25) is 0 Å². The minimum atomic E-state index is -1.01. The van der Waals surface area contributed by atoms with Gasteiger partial charge in [-0.1, -0.05) is 12.1 Å². The van der Waals surface area contributed by atoms with Gasteiger partial charge in [0.2, 0.25) is 0 Å². The fraction of sp³-hybridized carbons (Fsp3) is 0.308. The van der Waals surface area contributed by atoms with Gasteiger partial charge in [-0.2, -0.15) is 0 Å². The molecule has 0 spiro atoms. The van der Waals surface area contributed by atoms with Gasteiger partial charge in [0.25, 0.3) is 0 Å². The summed E-state index contributed by atoms with van der Waals surface area (Å²) in [6.07, 6.45) is 8.83. The normalized spacial score (nSPS) is 11.0. The van der Waals surface area contributed by atoms with Crippen LogP contribution in [-0.4, -0.2) is 49.6 Å². The second-order valence-corrected chi connectivity index (χ2v) is 7.27. The molecular formula is C26H30O8. The van der Waals surface area contributed by atoms with Crippen molar-refractivity contribution in [2.75, 3.05) is 27.4 Å². The quantitative estimate of drug-likeness (QED) is 0.279. The molecule has 2 rings (SSSR count). The molecule has 0 aliphatic carbocycles. The number of rotatable bonds is 15. The van der Waals surface area contributed by atoms with Gasteiger partial charge in [0.1, 0.15) is 0 Å². The Morgan fingerprint density at radius 3 is 1.44 bits per heavy atom. The maximum atomic E-state index is 10.6. The Labute approximate surface area is 199 Å². The van der Waals surface area contributed by atoms with E-state index in [0.29, 0.717) is 36.2 Å². The van der Waals surface area contributed by atoms with E-state index in [1.807, 2.05) is 0 Å². The minimum absolute atomic E-state index is 0.542. The third-order valence-corrected chi connectivity index (χ3v) is 4.77. The summed E-state index contributed by atoms with van der Waals surface area (Å²) in [6, 6.07) is 10.6. The van der Waals surface area contributed by atoms with Crippen molar-refractivity contribution in [1.82, 2.24) is 0 Å². The lowest BCUT2D eigenvalue weighted by Gasteiger charge is -2.12. The number of carbonyl (C=O) groups is 2. The number of ether oxygens (including phenoxy) is 4. The van der Waals surface area contributed by atoms with Gasteiger partial charge in [0.05, 0.1) is 27.4 Å². The Morgan fingerprint density at radius 2 is 1.09 bits per heavy atom. The fourth-order valence-corrected chi connectivity index (χ4v) is 3.07. The van der Waals surface area contributed by atoms with E-state index >= 15 is 0 Å². The first-order valence-corrected chi connectivity index (χ1v) is 10.9. The molecule has 0 unspecified atom stereocenters. The minimum Gasteiger partial charge on any atom is -0.493 e. The van der Waals surface area contributed by atoms with Gasteiger partial charge in [-0.25, -0.2) is 9.59 Å². The van der Waals surface area contributed by atoms with Gasteiger partial charge in [0.15, 0.2) is 23.0 Å². The molecule has 8 nitrogen and oxygen atoms in total. The predicted octanol–water partition coefficient (Wildman–Crippen LogP) is 4.92. The molecule has 2 N–H and O–H groups in total. The van der Waals surface area contributed by atoms with Crippen LogP contribution in [0.5, 0.6) is 23.0 Å². The van der Waals surface area contributed by atoms with E-state index < -0.39 is 11.9 Å². The van der Waals surface area contributed by atoms with Crippen LogP contribution in [0.25, 0.3) is 12.2 Å². The first-order valence-electron chi connectivity index (χ1n) is 10.9. The average molecular weight is 471 g/mol. The number of carboxylic acids is 2. The van der Waals surface area contributed by atoms with Gasteiger partial charge >= 0.3 is 11.9 Å². The Kier molecular flexibility index (Phi) is 11.0. The lowest BCUT2D eigenvalue weighted by molar-refractivity contribution is -0.132. The van der Waals surface area contributed by atoms with E-state index in [1.54, 1.807) is 50.6 Å². The molecule has 2 aromatic carbocycles. The van der Waals surface area contributed by atoms with E-state index in [4.69, 9.17) is 29.2 Å². The molecule has 0 fully saturated rings. The van der Waals surface area contributed by atoms with Crippen molar-refractivity contribution in [3.8, 4) is 23.0 Å². The highest BCUT2D eigenvalue weighted by Crippen LogP contribution is 2.30. The molecular weight excluding hydrogens is 440 g/mol. The van der Waals surface area contributed by atoms with Crippen molar-refractivity contribution in [1.29, 1.82) is 0 Å². The summed E-state index contributed by atoms with van der Waals surface area (Å²) in [5, 5.41) is 17.5. The molecule has 0 saturated carbocycles. The summed E-state index contributed by atoms with van der Waals surface area (Å²) in [4.78, 5) is 21.3. The first-order chi connectivity index (χ1) is 16.4. The summed E-state index contributed by atoms with van der Waals surface area (Å²) in [7, 11) is 3.09. The maximum Gasteiger partial charge on any atom is 0.328 e. The van der Waals surface area contributed by atoms with Crippen molar-refractivity contribution in [2.24, 2.45) is 0 Å². The summed E-state index contributed by atoms with van der Waals surface area (Å²) in [5.41, 5.74) is 1.43. The molecule has 34 heavy (non-hydrogen) atoms. The highest BCUT2D eigenvalue weighted by atomic mass is 16.5. The van der Waals surface area contributed by atoms with Crippen LogP contribution in [0.4, 0.5) is 0 Å². The van der Waals surface area contributed by atoms with Gasteiger partial charge < -0.3 is 29.2 Å². The topological polar surface area (TPSA) is 112 Å². The molecule has 0 heterocycles. The monoisotopic (exact) mass is 470 g/mol. The van der Waals surface area contributed by atoms with Crippen molar-refractivity contribution >= 4 is 24.1 Å². The molecule has 182 valence electrons. The van der Waals surface area contributed by atoms with Crippen molar-refractivity contribution in [3.63, 3.8) is 0 Å². The standard InChI is InChI=1S/C26H30O8/c1-31-23-17-19(9-13-25(27)28)7-11-21(23)33-15-5-3-4-6-16-34-22-12-8-20(10-14-26(29)30)18-24(22)32-2/h7-14,17-18H,3-6,15-16H2,1-2H3,(H,27,28)(H,29,30). The SMILES string of the molecule is COc1cc(C=CC(=O)O)ccc1OCCCCCCOc1ccc(C=CC(=O)O)cc1OC. The second-order valence-electron chi connectivity index (χ2n) is 7.27. The fourth-order valence-electron chi connectivity index (χ4n) is 3.07. The number of aliphatic carboxylic acids is 2. The molecule has 8 heteroatoms. The van der Waals surface area contributed by atoms with E-state index in [1.165, 1.54) is 12.2 Å². The van der Waals surface area contributed by atoms with E-state index in [9.17, 15) is 9.59 Å². The Hall–Kier alpha value is -3.94. The number of hydrogen-bond acceptors (Lipinski definition) is 6. The molecule has 0 saturated heterocycles. The number of carboxylic acid groups (broad SMARTS) is 2. The predicted molar refractivity (Wildman–Crippen MR) is 129 cm³/mol. The molecule has 0 aromatic heterocycles. The van der Waals surface area contributed by atoms with Crippen molar-refractivity contribution in [3.05, 3.63) is 59.7 Å². The summed E-state index contributed by atoms with van der Waals surface area (Å²) in [5.74, 6) is 0.331. The average Bonchev–Trinajstić information content (AvgIpc) is 2.83. The van der Waals surface area contributed by atoms with E-state index in [2.05, 4.69) is 0 Å². The van der Waals surface area contributed by atoms with E-state index in [-0.39, 0.29) is 0 Å². The zero-order chi connectivity index (χ0) is 24.8. The zero-order valence-electron chi connectivity index (χ0n) is 19.4. The molecule has 0 amide bonds. The van der Waals surface area contributed by atoms with Crippen LogP contribution in [0.3, 0.4) is 0 Å². The summed E-state index contributed by atoms with van der Waals surface area (Å²) < 4.78 is 22.3. The largest absolute Gasteiger partial charge is 0.493 e. The van der Waals surface area contributed by atoms with Crippen LogP contribution in [0.1, 0.15) is 36.8 Å². The van der Waals surface area contributed by atoms with Crippen molar-refractivity contribution < 1.29 is 38.7 Å². The lowest BCUT2D eigenvalue weighted by atomic mass is 10.2. The Balaban J connectivity index is 1.69. The smallest absolute Gasteiger partial charge is 0.328 e. The van der Waals surface area contributed by atoms with Gasteiger partial charge in [0, 0.05) is 12.2 Å². The van der Waals surface area contributed by atoms with E-state index in [0.717, 1.165) is 49.0 Å². The Morgan fingerprint density at radius 1 is 0.676 bits per heavy atom. The number of benzene rings is 2. The summed E-state index contributed by atoms with van der Waals surface area (Å²) >= 11 is 0. The Bertz CT molecular complexity index is 928. The van der Waals surface area contributed by atoms with Crippen LogP contribution in [-0.2, 0) is 9.59 Å². The first kappa shape index (κ1) is 26.3. The molecule has 2 aromatic rings. The molecule has 0 radical (unpaired) electrons. The molecule has 0 bridgehead atoms. The number of methoxy groups -OCH3 is 2. The van der Waals surface area contributed by atoms with Gasteiger partial charge in [-0.3, -0.25) is 0 Å². The van der Waals surface area contributed by atoms with Crippen LogP contribution in [0.15, 0.2) is 48.6 Å². The highest BCUT2D eigenvalue weighted by molar-refractivity contribution is 5.86. The number of unbranched alkanes of at least 4 members (excludes halogenated alkanes) is 3. The zero-order valence-corrected chi connectivity index (χ0v) is 19.4. The number of hydrogen-bond donors (Lipinski definition) is 2. The van der Waals surface area contributed by atoms with Crippen LogP contribution >= 0.6 is 0 Å². The molecule has 0 aliphatic heterocycles. The van der Waals surface area contributed by atoms with Gasteiger partial charge in [-0.15, -0.1) is 0 Å². The summed E-state index contributed by atoms with van der Waals surface area (Å²) in [6.45, 7) is 1.08. The lowest BCUT2D eigenvalue weighted by Crippen LogP contribution is -2.02. The van der Waals surface area contributed by atoms with Crippen molar-refractivity contribution in [2.45, 2.75) is 25.7 Å². The third kappa shape index (κ3) is 9.28. The maximum absolute atomic E-state index is 10.6. The van der Waals surface area contributed by atoms with Gasteiger partial charge in [-0.05, 0) is 73.2 Å². The highest BCUT2D eigenvalue weighted by Gasteiger charge is 2.07. The second kappa shape index (κ2) is 14.3. The van der Waals surface area contributed by atoms with Crippen LogP contribution in [0, 0.1) is 0 Å². The third-order valence-electron chi connectivity index (χ3n) is 4.77. The van der Waals surface area contributed by atoms with Crippen LogP contribution < -0.4 is 18.9 Å². The molecule has 0 atom stereocenters.